The van der Waals surface area contributed by atoms with Gasteiger partial charge in [-0.15, -0.1) is 11.3 Å². The summed E-state index contributed by atoms with van der Waals surface area (Å²) >= 11 is 7.67. The van der Waals surface area contributed by atoms with Gasteiger partial charge >= 0.3 is 0 Å². The second-order valence-corrected chi connectivity index (χ2v) is 4.27. The number of nitrogens with two attached hydrogens (primary N) is 1. The molecule has 0 spiro atoms. The third-order valence-electron chi connectivity index (χ3n) is 2.03. The number of rotatable bonds is 2. The van der Waals surface area contributed by atoms with E-state index in [0.717, 1.165) is 16.8 Å². The number of thiophene rings is 1. The summed E-state index contributed by atoms with van der Waals surface area (Å²) in [5, 5.41) is 3.96. The molecule has 0 aliphatic carbocycles. The van der Waals surface area contributed by atoms with Crippen LogP contribution >= 0.6 is 22.9 Å². The Kier molecular flexibility index (Phi) is 2.54. The number of hydrogen-bond acceptors (Lipinski definition) is 2. The van der Waals surface area contributed by atoms with Crippen LogP contribution in [0.3, 0.4) is 0 Å². The molecule has 1 heterocycles. The van der Waals surface area contributed by atoms with E-state index in [1.165, 1.54) is 10.3 Å². The quantitative estimate of drug-likeness (QED) is 0.812. The van der Waals surface area contributed by atoms with Gasteiger partial charge in [-0.1, -0.05) is 23.7 Å². The summed E-state index contributed by atoms with van der Waals surface area (Å²) in [6, 6.07) is 6.33. The Labute approximate surface area is 86.1 Å². The van der Waals surface area contributed by atoms with Crippen LogP contribution in [-0.4, -0.2) is 6.54 Å². The summed E-state index contributed by atoms with van der Waals surface area (Å²) in [6.45, 7) is 0.699. The molecule has 1 aromatic carbocycles. The molecule has 1 aromatic heterocycles. The number of hydrogen-bond donors (Lipinski definition) is 1. The summed E-state index contributed by atoms with van der Waals surface area (Å²) in [6.07, 6.45) is 0.936. The van der Waals surface area contributed by atoms with Crippen molar-refractivity contribution < 1.29 is 0 Å². The smallest absolute Gasteiger partial charge is 0.0591 e. The lowest BCUT2D eigenvalue weighted by Crippen LogP contribution is -2.02. The second kappa shape index (κ2) is 3.66. The van der Waals surface area contributed by atoms with E-state index in [1.807, 2.05) is 5.38 Å². The van der Waals surface area contributed by atoms with Gasteiger partial charge in [0.25, 0.3) is 0 Å². The van der Waals surface area contributed by atoms with Crippen molar-refractivity contribution in [1.82, 2.24) is 0 Å². The van der Waals surface area contributed by atoms with E-state index in [9.17, 15) is 0 Å². The van der Waals surface area contributed by atoms with Crippen LogP contribution < -0.4 is 5.73 Å². The highest BCUT2D eigenvalue weighted by Gasteiger charge is 2.01. The lowest BCUT2D eigenvalue weighted by molar-refractivity contribution is 0.971. The van der Waals surface area contributed by atoms with Crippen LogP contribution in [0, 0.1) is 0 Å². The Balaban J connectivity index is 2.50. The summed E-state index contributed by atoms with van der Waals surface area (Å²) in [7, 11) is 0. The van der Waals surface area contributed by atoms with Crippen LogP contribution in [0.25, 0.3) is 10.1 Å². The molecule has 3 heteroatoms. The molecule has 0 saturated carbocycles. The van der Waals surface area contributed by atoms with Crippen LogP contribution in [0.5, 0.6) is 0 Å². The fraction of sp³-hybridized carbons (Fsp3) is 0.200. The number of fused-ring (bicyclic) bond motifs is 1. The zero-order valence-corrected chi connectivity index (χ0v) is 8.66. The van der Waals surface area contributed by atoms with Gasteiger partial charge in [-0.05, 0) is 24.6 Å². The highest BCUT2D eigenvalue weighted by Crippen LogP contribution is 2.30. The zero-order valence-electron chi connectivity index (χ0n) is 7.09. The average Bonchev–Trinajstić information content (AvgIpc) is 2.48. The maximum atomic E-state index is 5.99. The summed E-state index contributed by atoms with van der Waals surface area (Å²) < 4.78 is 1.25. The third kappa shape index (κ3) is 1.70. The second-order valence-electron chi connectivity index (χ2n) is 2.95. The van der Waals surface area contributed by atoms with Crippen molar-refractivity contribution in [3.8, 4) is 0 Å². The number of benzene rings is 1. The minimum atomic E-state index is 0.699. The van der Waals surface area contributed by atoms with Gasteiger partial charge in [-0.2, -0.15) is 0 Å². The molecule has 0 aliphatic heterocycles. The molecule has 0 radical (unpaired) electrons. The standard InChI is InChI=1S/C10H10ClNS/c11-9-6-13-10-5-7(3-4-12)1-2-8(9)10/h1-2,5-6H,3-4,12H2. The van der Waals surface area contributed by atoms with Crippen LogP contribution in [-0.2, 0) is 6.42 Å². The Bertz CT molecular complexity index is 422. The SMILES string of the molecule is NCCc1ccc2c(Cl)csc2c1. The van der Waals surface area contributed by atoms with Gasteiger partial charge in [0.1, 0.15) is 0 Å². The largest absolute Gasteiger partial charge is 0.330 e. The van der Waals surface area contributed by atoms with Gasteiger partial charge in [-0.25, -0.2) is 0 Å². The molecule has 13 heavy (non-hydrogen) atoms. The molecule has 0 saturated heterocycles. The van der Waals surface area contributed by atoms with E-state index in [2.05, 4.69) is 18.2 Å². The lowest BCUT2D eigenvalue weighted by Gasteiger charge is -1.98. The van der Waals surface area contributed by atoms with Gasteiger partial charge in [0.15, 0.2) is 0 Å². The van der Waals surface area contributed by atoms with E-state index >= 15 is 0 Å². The van der Waals surface area contributed by atoms with Crippen LogP contribution in [0.15, 0.2) is 23.6 Å². The van der Waals surface area contributed by atoms with E-state index < -0.39 is 0 Å². The lowest BCUT2D eigenvalue weighted by atomic mass is 10.1. The minimum absolute atomic E-state index is 0.699. The van der Waals surface area contributed by atoms with Crippen LogP contribution in [0.1, 0.15) is 5.56 Å². The van der Waals surface area contributed by atoms with Gasteiger partial charge in [-0.3, -0.25) is 0 Å². The first-order valence-electron chi connectivity index (χ1n) is 4.17. The van der Waals surface area contributed by atoms with Crippen molar-refractivity contribution >= 4 is 33.0 Å². The van der Waals surface area contributed by atoms with Crippen molar-refractivity contribution in [2.75, 3.05) is 6.54 Å². The predicted octanol–water partition coefficient (Wildman–Crippen LogP) is 3.06. The van der Waals surface area contributed by atoms with Crippen molar-refractivity contribution in [2.24, 2.45) is 5.73 Å². The summed E-state index contributed by atoms with van der Waals surface area (Å²) in [5.74, 6) is 0. The van der Waals surface area contributed by atoms with Gasteiger partial charge in [0.05, 0.1) is 5.02 Å². The Morgan fingerprint density at radius 1 is 1.38 bits per heavy atom. The Hall–Kier alpha value is -0.570. The molecule has 0 aliphatic rings. The molecule has 2 N–H and O–H groups in total. The fourth-order valence-corrected chi connectivity index (χ4v) is 2.60. The van der Waals surface area contributed by atoms with Gasteiger partial charge in [0.2, 0.25) is 0 Å². The van der Waals surface area contributed by atoms with Crippen molar-refractivity contribution in [2.45, 2.75) is 6.42 Å². The normalized spacial score (nSPS) is 10.9. The first-order valence-corrected chi connectivity index (χ1v) is 5.42. The Morgan fingerprint density at radius 2 is 2.23 bits per heavy atom. The monoisotopic (exact) mass is 211 g/mol. The summed E-state index contributed by atoms with van der Waals surface area (Å²) in [5.41, 5.74) is 6.77. The topological polar surface area (TPSA) is 26.0 Å². The molecule has 0 fully saturated rings. The molecule has 0 amide bonds. The molecule has 2 aromatic rings. The molecule has 0 unspecified atom stereocenters. The highest BCUT2D eigenvalue weighted by atomic mass is 35.5. The predicted molar refractivity (Wildman–Crippen MR) is 59.6 cm³/mol. The molecular formula is C10H10ClNS. The van der Waals surface area contributed by atoms with Crippen molar-refractivity contribution in [3.05, 3.63) is 34.2 Å². The first kappa shape index (κ1) is 9.00. The van der Waals surface area contributed by atoms with E-state index in [-0.39, 0.29) is 0 Å². The maximum absolute atomic E-state index is 5.99. The zero-order chi connectivity index (χ0) is 9.26. The van der Waals surface area contributed by atoms with Crippen LogP contribution in [0.2, 0.25) is 5.02 Å². The molecule has 2 rings (SSSR count). The first-order chi connectivity index (χ1) is 6.31. The number of halogens is 1. The maximum Gasteiger partial charge on any atom is 0.0591 e. The summed E-state index contributed by atoms with van der Waals surface area (Å²) in [4.78, 5) is 0. The van der Waals surface area contributed by atoms with Gasteiger partial charge in [0, 0.05) is 15.5 Å². The van der Waals surface area contributed by atoms with Crippen molar-refractivity contribution in [1.29, 1.82) is 0 Å². The van der Waals surface area contributed by atoms with Crippen molar-refractivity contribution in [3.63, 3.8) is 0 Å². The molecule has 68 valence electrons. The minimum Gasteiger partial charge on any atom is -0.330 e. The highest BCUT2D eigenvalue weighted by molar-refractivity contribution is 7.17. The molecular weight excluding hydrogens is 202 g/mol. The van der Waals surface area contributed by atoms with E-state index in [0.29, 0.717) is 6.54 Å². The molecule has 0 bridgehead atoms. The van der Waals surface area contributed by atoms with E-state index in [1.54, 1.807) is 11.3 Å². The van der Waals surface area contributed by atoms with E-state index in [4.69, 9.17) is 17.3 Å². The molecule has 0 atom stereocenters. The average molecular weight is 212 g/mol. The van der Waals surface area contributed by atoms with Gasteiger partial charge < -0.3 is 5.73 Å². The Morgan fingerprint density at radius 3 is 3.00 bits per heavy atom. The molecule has 1 nitrogen and oxygen atoms in total. The van der Waals surface area contributed by atoms with Crippen LogP contribution in [0.4, 0.5) is 0 Å². The third-order valence-corrected chi connectivity index (χ3v) is 3.41. The fourth-order valence-electron chi connectivity index (χ4n) is 1.36.